The molecular weight excluding hydrogens is 291 g/mol. The van der Waals surface area contributed by atoms with E-state index in [2.05, 4.69) is 5.92 Å². The van der Waals surface area contributed by atoms with E-state index in [-0.39, 0.29) is 5.92 Å². The zero-order valence-electron chi connectivity index (χ0n) is 13.4. The lowest BCUT2D eigenvalue weighted by atomic mass is 9.53. The SMILES string of the molecule is C#C[C@]1(O)[C@H](F)C[C@H]2[C@@H]3CCc4cc(O)ccc4[C@H]3CC[C@@]21C. The Bertz CT molecular complexity index is 693. The predicted octanol–water partition coefficient (Wildman–Crippen LogP) is 3.56. The average Bonchev–Trinajstić information content (AvgIpc) is 2.75. The lowest BCUT2D eigenvalue weighted by molar-refractivity contribution is -0.0846. The van der Waals surface area contributed by atoms with Crippen molar-refractivity contribution in [3.05, 3.63) is 29.3 Å². The number of hydrogen-bond donors (Lipinski definition) is 2. The lowest BCUT2D eigenvalue weighted by Gasteiger charge is -2.51. The summed E-state index contributed by atoms with van der Waals surface area (Å²) >= 11 is 0. The molecule has 0 bridgehead atoms. The van der Waals surface area contributed by atoms with Crippen LogP contribution in [0.15, 0.2) is 18.2 Å². The number of aryl methyl sites for hydroxylation is 1. The maximum Gasteiger partial charge on any atom is 0.161 e. The summed E-state index contributed by atoms with van der Waals surface area (Å²) in [4.78, 5) is 0. The van der Waals surface area contributed by atoms with Gasteiger partial charge in [-0.15, -0.1) is 6.42 Å². The number of halogens is 1. The molecule has 0 saturated heterocycles. The van der Waals surface area contributed by atoms with E-state index in [1.807, 2.05) is 19.1 Å². The van der Waals surface area contributed by atoms with Gasteiger partial charge in [-0.2, -0.15) is 0 Å². The second kappa shape index (κ2) is 4.74. The fraction of sp³-hybridized carbons (Fsp3) is 0.600. The van der Waals surface area contributed by atoms with Gasteiger partial charge < -0.3 is 10.2 Å². The molecule has 0 unspecified atom stereocenters. The topological polar surface area (TPSA) is 40.5 Å². The van der Waals surface area contributed by atoms with E-state index in [0.29, 0.717) is 24.0 Å². The summed E-state index contributed by atoms with van der Waals surface area (Å²) < 4.78 is 14.6. The number of terminal acetylenes is 1. The second-order valence-corrected chi connectivity index (χ2v) is 7.87. The first kappa shape index (κ1) is 15.0. The minimum atomic E-state index is -1.63. The highest BCUT2D eigenvalue weighted by atomic mass is 19.1. The van der Waals surface area contributed by atoms with Gasteiger partial charge in [-0.25, -0.2) is 4.39 Å². The highest BCUT2D eigenvalue weighted by Crippen LogP contribution is 2.64. The molecule has 23 heavy (non-hydrogen) atoms. The van der Waals surface area contributed by atoms with Crippen LogP contribution < -0.4 is 0 Å². The molecule has 3 aliphatic rings. The van der Waals surface area contributed by atoms with Crippen molar-refractivity contribution >= 4 is 0 Å². The van der Waals surface area contributed by atoms with Crippen molar-refractivity contribution in [3.8, 4) is 18.1 Å². The summed E-state index contributed by atoms with van der Waals surface area (Å²) in [5, 5.41) is 20.5. The van der Waals surface area contributed by atoms with Crippen LogP contribution >= 0.6 is 0 Å². The van der Waals surface area contributed by atoms with Crippen LogP contribution in [0.1, 0.15) is 49.7 Å². The van der Waals surface area contributed by atoms with E-state index in [1.54, 1.807) is 6.07 Å². The Balaban J connectivity index is 1.74. The van der Waals surface area contributed by atoms with Gasteiger partial charge in [0.2, 0.25) is 0 Å². The molecule has 0 spiro atoms. The monoisotopic (exact) mass is 314 g/mol. The quantitative estimate of drug-likeness (QED) is 0.719. The molecule has 3 aliphatic carbocycles. The van der Waals surface area contributed by atoms with E-state index < -0.39 is 17.2 Å². The van der Waals surface area contributed by atoms with Crippen molar-refractivity contribution in [2.45, 2.75) is 56.7 Å². The molecule has 2 N–H and O–H groups in total. The van der Waals surface area contributed by atoms with Crippen molar-refractivity contribution < 1.29 is 14.6 Å². The van der Waals surface area contributed by atoms with Crippen LogP contribution in [-0.4, -0.2) is 22.0 Å². The van der Waals surface area contributed by atoms with Crippen LogP contribution in [0.25, 0.3) is 0 Å². The van der Waals surface area contributed by atoms with Gasteiger partial charge in [-0.05, 0) is 73.1 Å². The molecule has 4 rings (SSSR count). The van der Waals surface area contributed by atoms with Crippen molar-refractivity contribution in [2.24, 2.45) is 17.3 Å². The summed E-state index contributed by atoms with van der Waals surface area (Å²) in [7, 11) is 0. The molecule has 2 fully saturated rings. The molecule has 0 amide bonds. The van der Waals surface area contributed by atoms with Gasteiger partial charge in [0, 0.05) is 5.41 Å². The van der Waals surface area contributed by atoms with Gasteiger partial charge in [-0.1, -0.05) is 18.9 Å². The minimum Gasteiger partial charge on any atom is -0.508 e. The van der Waals surface area contributed by atoms with Gasteiger partial charge in [0.25, 0.3) is 0 Å². The molecule has 2 nitrogen and oxygen atoms in total. The first-order valence-corrected chi connectivity index (χ1v) is 8.56. The first-order valence-electron chi connectivity index (χ1n) is 8.56. The summed E-state index contributed by atoms with van der Waals surface area (Å²) in [5.41, 5.74) is 0.360. The molecule has 3 heteroatoms. The van der Waals surface area contributed by atoms with Crippen LogP contribution in [0.3, 0.4) is 0 Å². The van der Waals surface area contributed by atoms with Gasteiger partial charge in [0.05, 0.1) is 0 Å². The number of phenols is 1. The summed E-state index contributed by atoms with van der Waals surface area (Å²) in [6.07, 6.45) is 8.14. The van der Waals surface area contributed by atoms with E-state index >= 15 is 0 Å². The molecule has 2 saturated carbocycles. The number of rotatable bonds is 0. The van der Waals surface area contributed by atoms with Gasteiger partial charge in [0.15, 0.2) is 5.60 Å². The Morgan fingerprint density at radius 2 is 2.13 bits per heavy atom. The average molecular weight is 314 g/mol. The molecule has 0 radical (unpaired) electrons. The molecule has 1 aromatic carbocycles. The Hall–Kier alpha value is -1.53. The van der Waals surface area contributed by atoms with Crippen LogP contribution in [0, 0.1) is 29.6 Å². The van der Waals surface area contributed by atoms with Gasteiger partial charge >= 0.3 is 0 Å². The smallest absolute Gasteiger partial charge is 0.161 e. The highest BCUT2D eigenvalue weighted by molar-refractivity contribution is 5.41. The number of aliphatic hydroxyl groups is 1. The molecule has 6 atom stereocenters. The molecule has 1 aromatic rings. The molecule has 122 valence electrons. The van der Waals surface area contributed by atoms with E-state index in [9.17, 15) is 14.6 Å². The fourth-order valence-electron chi connectivity index (χ4n) is 5.80. The zero-order chi connectivity index (χ0) is 16.4. The normalized spacial score (nSPS) is 44.8. The third-order valence-corrected chi connectivity index (χ3v) is 7.10. The number of alkyl halides is 1. The Labute approximate surface area is 136 Å². The third kappa shape index (κ3) is 1.79. The summed E-state index contributed by atoms with van der Waals surface area (Å²) in [6, 6.07) is 5.64. The van der Waals surface area contributed by atoms with Gasteiger partial charge in [-0.3, -0.25) is 0 Å². The Morgan fingerprint density at radius 3 is 2.87 bits per heavy atom. The van der Waals surface area contributed by atoms with Crippen LogP contribution in [0.5, 0.6) is 5.75 Å². The highest BCUT2D eigenvalue weighted by Gasteiger charge is 2.65. The molecular formula is C20H23FO2. The second-order valence-electron chi connectivity index (χ2n) is 7.87. The van der Waals surface area contributed by atoms with Crippen molar-refractivity contribution in [3.63, 3.8) is 0 Å². The molecule has 0 aromatic heterocycles. The standard InChI is InChI=1S/C20H23FO2/c1-3-20(23)18(21)11-17-16-6-4-12-10-13(22)5-7-14(12)15(16)8-9-19(17,20)2/h1,5,7,10,15-18,22-23H,4,6,8-9,11H2,2H3/t15-,16-,17+,18-,19+,20+/m1/s1. The summed E-state index contributed by atoms with van der Waals surface area (Å²) in [6.45, 7) is 1.99. The zero-order valence-corrected chi connectivity index (χ0v) is 13.4. The molecule has 0 aliphatic heterocycles. The van der Waals surface area contributed by atoms with Crippen LogP contribution in [-0.2, 0) is 6.42 Å². The number of phenolic OH excluding ortho intramolecular Hbond substituents is 1. The predicted molar refractivity (Wildman–Crippen MR) is 86.8 cm³/mol. The van der Waals surface area contributed by atoms with E-state index in [4.69, 9.17) is 6.42 Å². The number of hydrogen-bond acceptors (Lipinski definition) is 2. The fourth-order valence-corrected chi connectivity index (χ4v) is 5.80. The number of benzene rings is 1. The van der Waals surface area contributed by atoms with Crippen molar-refractivity contribution in [1.29, 1.82) is 0 Å². The van der Waals surface area contributed by atoms with Crippen LogP contribution in [0.2, 0.25) is 0 Å². The minimum absolute atomic E-state index is 0.124. The Kier molecular flexibility index (Phi) is 3.09. The number of fused-ring (bicyclic) bond motifs is 5. The van der Waals surface area contributed by atoms with E-state index in [1.165, 1.54) is 11.1 Å². The lowest BCUT2D eigenvalue weighted by Crippen LogP contribution is -2.52. The van der Waals surface area contributed by atoms with E-state index in [0.717, 1.165) is 25.7 Å². The molecule has 0 heterocycles. The van der Waals surface area contributed by atoms with Gasteiger partial charge in [0.1, 0.15) is 11.9 Å². The summed E-state index contributed by atoms with van der Waals surface area (Å²) in [5.74, 6) is 3.60. The van der Waals surface area contributed by atoms with Crippen molar-refractivity contribution in [2.75, 3.05) is 0 Å². The number of aromatic hydroxyl groups is 1. The van der Waals surface area contributed by atoms with Crippen molar-refractivity contribution in [1.82, 2.24) is 0 Å². The first-order chi connectivity index (χ1) is 10.9. The maximum absolute atomic E-state index is 14.6. The maximum atomic E-state index is 14.6. The largest absolute Gasteiger partial charge is 0.508 e. The Morgan fingerprint density at radius 1 is 1.35 bits per heavy atom. The third-order valence-electron chi connectivity index (χ3n) is 7.10. The van der Waals surface area contributed by atoms with Crippen LogP contribution in [0.4, 0.5) is 4.39 Å².